The SMILES string of the molecule is Fc1cc(Cl)cc(Nc2nc(Br)cn3ccnc23)c1. The van der Waals surface area contributed by atoms with E-state index in [-0.39, 0.29) is 0 Å². The summed E-state index contributed by atoms with van der Waals surface area (Å²) >= 11 is 9.12. The van der Waals surface area contributed by atoms with Gasteiger partial charge in [0.1, 0.15) is 10.4 Å². The molecule has 3 aromatic rings. The van der Waals surface area contributed by atoms with Gasteiger partial charge in [0, 0.05) is 29.3 Å². The number of aromatic nitrogens is 3. The van der Waals surface area contributed by atoms with Gasteiger partial charge in [0.05, 0.1) is 0 Å². The molecule has 0 radical (unpaired) electrons. The van der Waals surface area contributed by atoms with E-state index in [9.17, 15) is 4.39 Å². The molecule has 2 aromatic heterocycles. The topological polar surface area (TPSA) is 42.2 Å². The van der Waals surface area contributed by atoms with Gasteiger partial charge in [0.25, 0.3) is 0 Å². The van der Waals surface area contributed by atoms with Crippen molar-refractivity contribution in [2.24, 2.45) is 0 Å². The minimum Gasteiger partial charge on any atom is -0.337 e. The van der Waals surface area contributed by atoms with Gasteiger partial charge in [-0.15, -0.1) is 0 Å². The zero-order valence-electron chi connectivity index (χ0n) is 9.44. The Morgan fingerprint density at radius 3 is 2.95 bits per heavy atom. The van der Waals surface area contributed by atoms with Gasteiger partial charge in [-0.3, -0.25) is 0 Å². The average molecular weight is 342 g/mol. The summed E-state index contributed by atoms with van der Waals surface area (Å²) in [5.41, 5.74) is 1.16. The van der Waals surface area contributed by atoms with Gasteiger partial charge in [-0.1, -0.05) is 11.6 Å². The molecule has 0 amide bonds. The van der Waals surface area contributed by atoms with Crippen LogP contribution in [0.25, 0.3) is 5.65 Å². The second-order valence-corrected chi connectivity index (χ2v) is 5.10. The van der Waals surface area contributed by atoms with Crippen molar-refractivity contribution in [2.75, 3.05) is 5.32 Å². The Bertz CT molecular complexity index is 738. The van der Waals surface area contributed by atoms with Gasteiger partial charge in [-0.05, 0) is 34.1 Å². The number of hydrogen-bond acceptors (Lipinski definition) is 3. The van der Waals surface area contributed by atoms with Crippen molar-refractivity contribution >= 4 is 44.7 Å². The molecule has 0 aliphatic heterocycles. The number of nitrogens with one attached hydrogen (secondary N) is 1. The molecule has 0 aliphatic carbocycles. The van der Waals surface area contributed by atoms with Crippen LogP contribution in [0.2, 0.25) is 5.02 Å². The minimum absolute atomic E-state index is 0.317. The van der Waals surface area contributed by atoms with E-state index < -0.39 is 5.82 Å². The molecule has 0 fully saturated rings. The predicted molar refractivity (Wildman–Crippen MR) is 75.4 cm³/mol. The first kappa shape index (κ1) is 12.4. The van der Waals surface area contributed by atoms with Crippen LogP contribution in [0, 0.1) is 5.82 Å². The number of fused-ring (bicyclic) bond motifs is 1. The van der Waals surface area contributed by atoms with Crippen molar-refractivity contribution < 1.29 is 4.39 Å². The Balaban J connectivity index is 2.07. The van der Waals surface area contributed by atoms with E-state index in [1.54, 1.807) is 29.1 Å². The van der Waals surface area contributed by atoms with Crippen molar-refractivity contribution in [3.05, 3.63) is 52.2 Å². The second-order valence-electron chi connectivity index (χ2n) is 3.85. The molecule has 0 saturated carbocycles. The minimum atomic E-state index is -0.413. The number of nitrogens with zero attached hydrogens (tertiary/aromatic N) is 3. The molecule has 1 aromatic carbocycles. The van der Waals surface area contributed by atoms with Crippen LogP contribution in [0.4, 0.5) is 15.9 Å². The molecular weight excluding hydrogens is 335 g/mol. The highest BCUT2D eigenvalue weighted by molar-refractivity contribution is 9.10. The maximum absolute atomic E-state index is 13.3. The van der Waals surface area contributed by atoms with Crippen LogP contribution in [-0.2, 0) is 0 Å². The van der Waals surface area contributed by atoms with Crippen molar-refractivity contribution in [3.63, 3.8) is 0 Å². The summed E-state index contributed by atoms with van der Waals surface area (Å²) in [6.45, 7) is 0. The number of benzene rings is 1. The average Bonchev–Trinajstić information content (AvgIpc) is 2.75. The van der Waals surface area contributed by atoms with E-state index in [2.05, 4.69) is 31.2 Å². The quantitative estimate of drug-likeness (QED) is 0.765. The van der Waals surface area contributed by atoms with E-state index in [0.29, 0.717) is 26.8 Å². The van der Waals surface area contributed by atoms with Crippen LogP contribution in [0.1, 0.15) is 0 Å². The molecule has 0 saturated heterocycles. The number of imidazole rings is 1. The van der Waals surface area contributed by atoms with E-state index in [1.807, 2.05) is 0 Å². The molecule has 4 nitrogen and oxygen atoms in total. The zero-order chi connectivity index (χ0) is 13.4. The molecule has 0 aliphatic rings. The second kappa shape index (κ2) is 4.79. The Kier molecular flexibility index (Phi) is 3.12. The third-order valence-electron chi connectivity index (χ3n) is 2.47. The summed E-state index contributed by atoms with van der Waals surface area (Å²) in [5.74, 6) is 0.102. The first-order chi connectivity index (χ1) is 9.11. The van der Waals surface area contributed by atoms with Crippen LogP contribution < -0.4 is 5.32 Å². The van der Waals surface area contributed by atoms with Gasteiger partial charge in [-0.25, -0.2) is 14.4 Å². The van der Waals surface area contributed by atoms with Gasteiger partial charge in [-0.2, -0.15) is 0 Å². The summed E-state index contributed by atoms with van der Waals surface area (Å²) in [5, 5.41) is 3.32. The number of hydrogen-bond donors (Lipinski definition) is 1. The van der Waals surface area contributed by atoms with E-state index >= 15 is 0 Å². The van der Waals surface area contributed by atoms with Crippen molar-refractivity contribution in [3.8, 4) is 0 Å². The van der Waals surface area contributed by atoms with Gasteiger partial charge >= 0.3 is 0 Å². The van der Waals surface area contributed by atoms with Gasteiger partial charge in [0.2, 0.25) is 0 Å². The molecule has 2 heterocycles. The number of rotatable bonds is 2. The summed E-state index contributed by atoms with van der Waals surface area (Å²) in [6.07, 6.45) is 5.24. The highest BCUT2D eigenvalue weighted by Crippen LogP contribution is 2.24. The molecule has 0 unspecified atom stereocenters. The molecular formula is C12H7BrClFN4. The lowest BCUT2D eigenvalue weighted by molar-refractivity contribution is 0.628. The van der Waals surface area contributed by atoms with Gasteiger partial charge in [0.15, 0.2) is 11.5 Å². The molecule has 19 heavy (non-hydrogen) atoms. The standard InChI is InChI=1S/C12H7BrClFN4/c13-10-6-19-2-1-16-12(19)11(18-10)17-9-4-7(14)3-8(15)5-9/h1-6H,(H,17,18). The molecule has 1 N–H and O–H groups in total. The van der Waals surface area contributed by atoms with Crippen LogP contribution in [0.15, 0.2) is 41.4 Å². The fourth-order valence-electron chi connectivity index (χ4n) is 1.75. The lowest BCUT2D eigenvalue weighted by Gasteiger charge is -2.08. The lowest BCUT2D eigenvalue weighted by Crippen LogP contribution is -1.99. The molecule has 0 atom stereocenters. The van der Waals surface area contributed by atoms with Crippen molar-refractivity contribution in [1.29, 1.82) is 0 Å². The lowest BCUT2D eigenvalue weighted by atomic mass is 10.3. The fourth-order valence-corrected chi connectivity index (χ4v) is 2.37. The van der Waals surface area contributed by atoms with Gasteiger partial charge < -0.3 is 9.72 Å². The third-order valence-corrected chi connectivity index (χ3v) is 3.07. The van der Waals surface area contributed by atoms with Crippen LogP contribution in [-0.4, -0.2) is 14.4 Å². The highest BCUT2D eigenvalue weighted by atomic mass is 79.9. The number of halogens is 3. The summed E-state index contributed by atoms with van der Waals surface area (Å²) in [7, 11) is 0. The molecule has 0 bridgehead atoms. The third kappa shape index (κ3) is 2.54. The molecule has 7 heteroatoms. The maximum atomic E-state index is 13.3. The normalized spacial score (nSPS) is 10.9. The van der Waals surface area contributed by atoms with E-state index in [1.165, 1.54) is 12.1 Å². The monoisotopic (exact) mass is 340 g/mol. The fraction of sp³-hybridized carbons (Fsp3) is 0. The highest BCUT2D eigenvalue weighted by Gasteiger charge is 2.08. The Morgan fingerprint density at radius 2 is 2.16 bits per heavy atom. The Labute approximate surface area is 121 Å². The smallest absolute Gasteiger partial charge is 0.180 e. The van der Waals surface area contributed by atoms with E-state index in [0.717, 1.165) is 0 Å². The molecule has 3 rings (SSSR count). The summed E-state index contributed by atoms with van der Waals surface area (Å²) in [4.78, 5) is 8.48. The Morgan fingerprint density at radius 1 is 1.32 bits per heavy atom. The summed E-state index contributed by atoms with van der Waals surface area (Å²) < 4.78 is 15.7. The molecule has 0 spiro atoms. The first-order valence-corrected chi connectivity index (χ1v) is 6.51. The Hall–Kier alpha value is -1.66. The van der Waals surface area contributed by atoms with Crippen LogP contribution >= 0.6 is 27.5 Å². The zero-order valence-corrected chi connectivity index (χ0v) is 11.8. The van der Waals surface area contributed by atoms with Crippen LogP contribution in [0.3, 0.4) is 0 Å². The molecule has 96 valence electrons. The van der Waals surface area contributed by atoms with Crippen molar-refractivity contribution in [2.45, 2.75) is 0 Å². The first-order valence-electron chi connectivity index (χ1n) is 5.34. The van der Waals surface area contributed by atoms with Crippen molar-refractivity contribution in [1.82, 2.24) is 14.4 Å². The van der Waals surface area contributed by atoms with E-state index in [4.69, 9.17) is 11.6 Å². The van der Waals surface area contributed by atoms with Crippen LogP contribution in [0.5, 0.6) is 0 Å². The largest absolute Gasteiger partial charge is 0.337 e. The number of anilines is 2. The predicted octanol–water partition coefficient (Wildman–Crippen LogP) is 4.03. The summed E-state index contributed by atoms with van der Waals surface area (Å²) in [6, 6.07) is 4.20. The maximum Gasteiger partial charge on any atom is 0.180 e.